The van der Waals surface area contributed by atoms with Crippen molar-refractivity contribution >= 4 is 5.91 Å². The van der Waals surface area contributed by atoms with Gasteiger partial charge in [0, 0.05) is 30.8 Å². The van der Waals surface area contributed by atoms with E-state index >= 15 is 0 Å². The van der Waals surface area contributed by atoms with Crippen molar-refractivity contribution in [1.82, 2.24) is 9.66 Å². The number of amides is 1. The largest absolute Gasteiger partial charge is 0.272 e. The van der Waals surface area contributed by atoms with Gasteiger partial charge in [0.1, 0.15) is 5.82 Å². The predicted molar refractivity (Wildman–Crippen MR) is 62.7 cm³/mol. The van der Waals surface area contributed by atoms with Gasteiger partial charge in [0.05, 0.1) is 0 Å². The molecule has 16 heavy (non-hydrogen) atoms. The van der Waals surface area contributed by atoms with Gasteiger partial charge in [-0.15, -0.1) is 0 Å². The van der Waals surface area contributed by atoms with E-state index in [1.807, 2.05) is 29.7 Å². The molecule has 2 rings (SSSR count). The van der Waals surface area contributed by atoms with Crippen LogP contribution in [0.25, 0.3) is 0 Å². The van der Waals surface area contributed by atoms with Gasteiger partial charge in [0.15, 0.2) is 0 Å². The van der Waals surface area contributed by atoms with Crippen LogP contribution in [0.3, 0.4) is 0 Å². The summed E-state index contributed by atoms with van der Waals surface area (Å²) in [6.07, 6.45) is 6.45. The van der Waals surface area contributed by atoms with Crippen LogP contribution in [0, 0.1) is 5.41 Å². The second-order valence-electron chi connectivity index (χ2n) is 4.96. The predicted octanol–water partition coefficient (Wildman–Crippen LogP) is 1.73. The van der Waals surface area contributed by atoms with E-state index in [-0.39, 0.29) is 11.3 Å². The molecule has 0 unspecified atom stereocenters. The third-order valence-electron chi connectivity index (χ3n) is 3.42. The Kier molecular flexibility index (Phi) is 2.74. The van der Waals surface area contributed by atoms with Crippen molar-refractivity contribution in [2.45, 2.75) is 40.0 Å². The molecule has 0 bridgehead atoms. The number of rotatable bonds is 2. The summed E-state index contributed by atoms with van der Waals surface area (Å²) in [6, 6.07) is 0. The minimum Gasteiger partial charge on any atom is -0.272 e. The molecule has 0 fully saturated rings. The average molecular weight is 221 g/mol. The quantitative estimate of drug-likeness (QED) is 0.762. The SMILES string of the molecule is CCC(C)(C)C(=O)N1CCCc2nccn21. The molecule has 1 amide bonds. The minimum absolute atomic E-state index is 0.189. The zero-order valence-corrected chi connectivity index (χ0v) is 10.2. The van der Waals surface area contributed by atoms with Crippen molar-refractivity contribution < 1.29 is 4.79 Å². The van der Waals surface area contributed by atoms with Crippen LogP contribution in [0.1, 0.15) is 39.4 Å². The van der Waals surface area contributed by atoms with Gasteiger partial charge < -0.3 is 0 Å². The van der Waals surface area contributed by atoms with Crippen molar-refractivity contribution in [2.24, 2.45) is 5.41 Å². The van der Waals surface area contributed by atoms with E-state index in [0.29, 0.717) is 0 Å². The maximum Gasteiger partial charge on any atom is 0.247 e. The number of aryl methyl sites for hydroxylation is 1. The summed E-state index contributed by atoms with van der Waals surface area (Å²) in [7, 11) is 0. The molecule has 1 aromatic rings. The highest BCUT2D eigenvalue weighted by Gasteiger charge is 2.33. The lowest BCUT2D eigenvalue weighted by molar-refractivity contribution is -0.128. The minimum atomic E-state index is -0.293. The number of hydrogen-bond acceptors (Lipinski definition) is 2. The van der Waals surface area contributed by atoms with Crippen LogP contribution in [-0.4, -0.2) is 22.1 Å². The Hall–Kier alpha value is -1.32. The van der Waals surface area contributed by atoms with Gasteiger partial charge in [0.2, 0.25) is 5.91 Å². The van der Waals surface area contributed by atoms with Crippen LogP contribution in [0.4, 0.5) is 0 Å². The number of hydrogen-bond donors (Lipinski definition) is 0. The maximum absolute atomic E-state index is 12.4. The first-order valence-corrected chi connectivity index (χ1v) is 5.91. The van der Waals surface area contributed by atoms with Crippen LogP contribution in [0.2, 0.25) is 0 Å². The van der Waals surface area contributed by atoms with E-state index in [2.05, 4.69) is 11.9 Å². The molecule has 0 N–H and O–H groups in total. The van der Waals surface area contributed by atoms with Crippen LogP contribution in [0.5, 0.6) is 0 Å². The summed E-state index contributed by atoms with van der Waals surface area (Å²) in [5.41, 5.74) is -0.293. The van der Waals surface area contributed by atoms with Crippen LogP contribution in [-0.2, 0) is 11.2 Å². The van der Waals surface area contributed by atoms with Crippen molar-refractivity contribution in [3.63, 3.8) is 0 Å². The van der Waals surface area contributed by atoms with E-state index in [0.717, 1.165) is 31.6 Å². The summed E-state index contributed by atoms with van der Waals surface area (Å²) in [6.45, 7) is 6.85. The third kappa shape index (κ3) is 1.72. The molecule has 1 aliphatic heterocycles. The Balaban J connectivity index is 2.28. The fourth-order valence-corrected chi connectivity index (χ4v) is 1.92. The van der Waals surface area contributed by atoms with Gasteiger partial charge in [0.25, 0.3) is 0 Å². The Morgan fingerprint density at radius 1 is 1.56 bits per heavy atom. The van der Waals surface area contributed by atoms with E-state index in [1.54, 1.807) is 6.20 Å². The van der Waals surface area contributed by atoms with Crippen LogP contribution in [0.15, 0.2) is 12.4 Å². The lowest BCUT2D eigenvalue weighted by Gasteiger charge is -2.34. The lowest BCUT2D eigenvalue weighted by Crippen LogP contribution is -2.50. The summed E-state index contributed by atoms with van der Waals surface area (Å²) in [4.78, 5) is 16.7. The van der Waals surface area contributed by atoms with Gasteiger partial charge >= 0.3 is 0 Å². The second kappa shape index (κ2) is 3.92. The molecular formula is C12H19N3O. The topological polar surface area (TPSA) is 38.1 Å². The van der Waals surface area contributed by atoms with E-state index in [1.165, 1.54) is 0 Å². The van der Waals surface area contributed by atoms with E-state index in [4.69, 9.17) is 0 Å². The Labute approximate surface area is 96.2 Å². The third-order valence-corrected chi connectivity index (χ3v) is 3.42. The Morgan fingerprint density at radius 3 is 3.00 bits per heavy atom. The molecule has 1 aromatic heterocycles. The molecule has 0 atom stereocenters. The van der Waals surface area contributed by atoms with Gasteiger partial charge in [-0.3, -0.25) is 4.79 Å². The average Bonchev–Trinajstić information content (AvgIpc) is 2.75. The monoisotopic (exact) mass is 221 g/mol. The summed E-state index contributed by atoms with van der Waals surface area (Å²) in [5.74, 6) is 1.18. The van der Waals surface area contributed by atoms with Crippen LogP contribution >= 0.6 is 0 Å². The highest BCUT2D eigenvalue weighted by atomic mass is 16.2. The van der Waals surface area contributed by atoms with Gasteiger partial charge in [-0.05, 0) is 12.8 Å². The van der Waals surface area contributed by atoms with Gasteiger partial charge in [-0.2, -0.15) is 0 Å². The zero-order valence-electron chi connectivity index (χ0n) is 10.2. The number of fused-ring (bicyclic) bond motifs is 1. The van der Waals surface area contributed by atoms with Crippen LogP contribution < -0.4 is 5.01 Å². The molecular weight excluding hydrogens is 202 g/mol. The summed E-state index contributed by atoms with van der Waals surface area (Å²) < 4.78 is 1.91. The molecule has 0 aliphatic carbocycles. The molecule has 4 nitrogen and oxygen atoms in total. The first-order valence-electron chi connectivity index (χ1n) is 5.91. The second-order valence-corrected chi connectivity index (χ2v) is 4.96. The summed E-state index contributed by atoms with van der Waals surface area (Å²) in [5, 5.41) is 1.83. The number of aromatic nitrogens is 2. The molecule has 88 valence electrons. The first kappa shape index (κ1) is 11.2. The standard InChI is InChI=1S/C12H19N3O/c1-4-12(2,3)11(16)15-8-5-6-10-13-7-9-14(10)15/h7,9H,4-6,8H2,1-3H3. The fourth-order valence-electron chi connectivity index (χ4n) is 1.92. The fraction of sp³-hybridized carbons (Fsp3) is 0.667. The molecule has 4 heteroatoms. The molecule has 0 spiro atoms. The number of carbonyl (C=O) groups excluding carboxylic acids is 1. The first-order chi connectivity index (χ1) is 7.56. The van der Waals surface area contributed by atoms with Crippen molar-refractivity contribution in [1.29, 1.82) is 0 Å². The summed E-state index contributed by atoms with van der Waals surface area (Å²) >= 11 is 0. The molecule has 0 aromatic carbocycles. The Morgan fingerprint density at radius 2 is 2.31 bits per heavy atom. The molecule has 1 aliphatic rings. The number of nitrogens with zero attached hydrogens (tertiary/aromatic N) is 3. The molecule has 0 saturated carbocycles. The lowest BCUT2D eigenvalue weighted by atomic mass is 9.89. The molecule has 0 radical (unpaired) electrons. The smallest absolute Gasteiger partial charge is 0.247 e. The normalized spacial score (nSPS) is 16.1. The van der Waals surface area contributed by atoms with Crippen molar-refractivity contribution in [3.05, 3.63) is 18.2 Å². The van der Waals surface area contributed by atoms with Gasteiger partial charge in [-0.1, -0.05) is 20.8 Å². The highest BCUT2D eigenvalue weighted by molar-refractivity contribution is 5.90. The Bertz CT molecular complexity index is 395. The molecule has 2 heterocycles. The van der Waals surface area contributed by atoms with Gasteiger partial charge in [-0.25, -0.2) is 14.7 Å². The number of carbonyl (C=O) groups is 1. The molecule has 0 saturated heterocycles. The highest BCUT2D eigenvalue weighted by Crippen LogP contribution is 2.24. The maximum atomic E-state index is 12.4. The zero-order chi connectivity index (χ0) is 11.8. The van der Waals surface area contributed by atoms with E-state index in [9.17, 15) is 4.79 Å². The van der Waals surface area contributed by atoms with Crippen molar-refractivity contribution in [3.8, 4) is 0 Å². The number of imidazole rings is 1. The van der Waals surface area contributed by atoms with E-state index < -0.39 is 0 Å². The van der Waals surface area contributed by atoms with Crippen molar-refractivity contribution in [2.75, 3.05) is 11.6 Å².